The summed E-state index contributed by atoms with van der Waals surface area (Å²) in [5.74, 6) is -2.34. The largest absolute Gasteiger partial charge is 0.382 e. The zero-order valence-corrected chi connectivity index (χ0v) is 18.6. The monoisotopic (exact) mass is 486 g/mol. The Bertz CT molecular complexity index is 1570. The third-order valence-corrected chi connectivity index (χ3v) is 5.44. The smallest absolute Gasteiger partial charge is 0.264 e. The fourth-order valence-electron chi connectivity index (χ4n) is 3.52. The van der Waals surface area contributed by atoms with Crippen LogP contribution in [-0.2, 0) is 6.42 Å². The highest BCUT2D eigenvalue weighted by Crippen LogP contribution is 2.26. The van der Waals surface area contributed by atoms with E-state index >= 15 is 0 Å². The van der Waals surface area contributed by atoms with Crippen molar-refractivity contribution in [3.05, 3.63) is 87.6 Å². The van der Waals surface area contributed by atoms with E-state index in [9.17, 15) is 18.0 Å². The van der Waals surface area contributed by atoms with Crippen LogP contribution in [0.15, 0.2) is 53.8 Å². The van der Waals surface area contributed by atoms with Gasteiger partial charge in [-0.3, -0.25) is 9.36 Å². The molecule has 3 aromatic heterocycles. The van der Waals surface area contributed by atoms with Gasteiger partial charge in [0.05, 0.1) is 22.4 Å². The number of nitrogen functional groups attached to an aromatic ring is 1. The van der Waals surface area contributed by atoms with Crippen LogP contribution >= 0.6 is 11.6 Å². The molecule has 0 radical (unpaired) electrons. The first kappa shape index (κ1) is 23.2. The van der Waals surface area contributed by atoms with Crippen molar-refractivity contribution in [3.63, 3.8) is 0 Å². The molecular formula is C23H18ClF3N6O. The number of imidazole rings is 1. The number of nitrogens with zero attached hydrogens (tertiary/aromatic N) is 4. The lowest BCUT2D eigenvalue weighted by Gasteiger charge is -2.15. The van der Waals surface area contributed by atoms with E-state index in [0.717, 1.165) is 18.6 Å². The maximum absolute atomic E-state index is 13.7. The molecule has 0 saturated carbocycles. The van der Waals surface area contributed by atoms with E-state index in [1.807, 2.05) is 6.92 Å². The Kier molecular flexibility index (Phi) is 6.51. The maximum Gasteiger partial charge on any atom is 0.264 e. The average molecular weight is 487 g/mol. The SMILES string of the molecule is CCCc1cc2ccc(F)c(Cl)c2c(=O)n1-c1ccc(F)c(F)c1.Nc1ncnc2nc[nH]c12. The second-order valence-electron chi connectivity index (χ2n) is 7.31. The fourth-order valence-corrected chi connectivity index (χ4v) is 3.77. The fraction of sp³-hybridized carbons (Fsp3) is 0.130. The molecule has 174 valence electrons. The van der Waals surface area contributed by atoms with Gasteiger partial charge in [0.2, 0.25) is 0 Å². The Morgan fingerprint density at radius 3 is 2.50 bits per heavy atom. The van der Waals surface area contributed by atoms with Gasteiger partial charge < -0.3 is 10.7 Å². The Labute approximate surface area is 196 Å². The second-order valence-corrected chi connectivity index (χ2v) is 7.69. The van der Waals surface area contributed by atoms with Crippen molar-refractivity contribution in [2.75, 3.05) is 5.73 Å². The lowest BCUT2D eigenvalue weighted by atomic mass is 10.1. The molecule has 5 rings (SSSR count). The second kappa shape index (κ2) is 9.52. The van der Waals surface area contributed by atoms with Crippen molar-refractivity contribution in [3.8, 4) is 5.69 Å². The van der Waals surface area contributed by atoms with Crippen molar-refractivity contribution in [1.82, 2.24) is 24.5 Å². The predicted molar refractivity (Wildman–Crippen MR) is 125 cm³/mol. The molecule has 0 unspecified atom stereocenters. The van der Waals surface area contributed by atoms with Gasteiger partial charge in [0.25, 0.3) is 5.56 Å². The summed E-state index contributed by atoms with van der Waals surface area (Å²) in [5.41, 5.74) is 7.00. The van der Waals surface area contributed by atoms with Gasteiger partial charge in [0.1, 0.15) is 17.7 Å². The number of aromatic nitrogens is 5. The topological polar surface area (TPSA) is 102 Å². The highest BCUT2D eigenvalue weighted by atomic mass is 35.5. The molecule has 3 N–H and O–H groups in total. The summed E-state index contributed by atoms with van der Waals surface area (Å²) in [6, 6.07) is 7.58. The van der Waals surface area contributed by atoms with Crippen molar-refractivity contribution in [1.29, 1.82) is 0 Å². The molecule has 0 atom stereocenters. The molecule has 0 saturated heterocycles. The van der Waals surface area contributed by atoms with Crippen LogP contribution in [0.3, 0.4) is 0 Å². The third-order valence-electron chi connectivity index (χ3n) is 5.07. The number of hydrogen-bond acceptors (Lipinski definition) is 5. The van der Waals surface area contributed by atoms with Gasteiger partial charge >= 0.3 is 0 Å². The molecule has 0 amide bonds. The predicted octanol–water partition coefficient (Wildman–Crippen LogP) is 4.95. The van der Waals surface area contributed by atoms with Gasteiger partial charge in [0.15, 0.2) is 23.1 Å². The molecule has 7 nitrogen and oxygen atoms in total. The average Bonchev–Trinajstić information content (AvgIpc) is 3.30. The van der Waals surface area contributed by atoms with E-state index in [1.165, 1.54) is 35.4 Å². The van der Waals surface area contributed by atoms with E-state index in [1.54, 1.807) is 6.07 Å². The number of H-pyrrole nitrogens is 1. The Balaban J connectivity index is 0.000000226. The molecule has 34 heavy (non-hydrogen) atoms. The molecular weight excluding hydrogens is 469 g/mol. The minimum absolute atomic E-state index is 0.0150. The number of aromatic amines is 1. The van der Waals surface area contributed by atoms with Crippen LogP contribution in [0.5, 0.6) is 0 Å². The lowest BCUT2D eigenvalue weighted by Crippen LogP contribution is -2.23. The number of fused-ring (bicyclic) bond motifs is 2. The summed E-state index contributed by atoms with van der Waals surface area (Å²) < 4.78 is 41.8. The van der Waals surface area contributed by atoms with E-state index < -0.39 is 23.0 Å². The number of benzene rings is 2. The summed E-state index contributed by atoms with van der Waals surface area (Å²) in [5, 5.41) is 0.242. The number of nitrogens with one attached hydrogen (secondary N) is 1. The Morgan fingerprint density at radius 1 is 1.03 bits per heavy atom. The number of rotatable bonds is 3. The molecule has 0 fully saturated rings. The highest BCUT2D eigenvalue weighted by Gasteiger charge is 2.16. The number of hydrogen-bond donors (Lipinski definition) is 2. The summed E-state index contributed by atoms with van der Waals surface area (Å²) >= 11 is 5.95. The number of anilines is 1. The van der Waals surface area contributed by atoms with E-state index in [2.05, 4.69) is 19.9 Å². The summed E-state index contributed by atoms with van der Waals surface area (Å²) in [6.07, 6.45) is 4.21. The van der Waals surface area contributed by atoms with Gasteiger partial charge in [-0.25, -0.2) is 28.1 Å². The van der Waals surface area contributed by atoms with Crippen molar-refractivity contribution < 1.29 is 13.2 Å². The first-order chi connectivity index (χ1) is 16.3. The molecule has 0 aliphatic heterocycles. The van der Waals surface area contributed by atoms with Crippen LogP contribution in [0.4, 0.5) is 19.0 Å². The van der Waals surface area contributed by atoms with Gasteiger partial charge in [-0.1, -0.05) is 31.0 Å². The molecule has 5 aromatic rings. The molecule has 0 bridgehead atoms. The molecule has 0 aliphatic carbocycles. The van der Waals surface area contributed by atoms with E-state index in [-0.39, 0.29) is 16.1 Å². The lowest BCUT2D eigenvalue weighted by molar-refractivity contribution is 0.507. The van der Waals surface area contributed by atoms with Gasteiger partial charge in [-0.05, 0) is 36.1 Å². The van der Waals surface area contributed by atoms with Crippen LogP contribution in [0.25, 0.3) is 27.6 Å². The zero-order chi connectivity index (χ0) is 24.4. The molecule has 2 aromatic carbocycles. The van der Waals surface area contributed by atoms with Crippen molar-refractivity contribution in [2.45, 2.75) is 19.8 Å². The van der Waals surface area contributed by atoms with Gasteiger partial charge in [-0.15, -0.1) is 0 Å². The zero-order valence-electron chi connectivity index (χ0n) is 17.8. The maximum atomic E-state index is 13.7. The molecule has 3 heterocycles. The van der Waals surface area contributed by atoms with Crippen LogP contribution in [-0.4, -0.2) is 24.5 Å². The quantitative estimate of drug-likeness (QED) is 0.375. The van der Waals surface area contributed by atoms with Gasteiger partial charge in [-0.2, -0.15) is 0 Å². The van der Waals surface area contributed by atoms with Crippen LogP contribution in [0.1, 0.15) is 19.0 Å². The number of halogens is 4. The summed E-state index contributed by atoms with van der Waals surface area (Å²) in [4.78, 5) is 27.3. The minimum atomic E-state index is -1.06. The molecule has 11 heteroatoms. The number of aryl methyl sites for hydroxylation is 1. The van der Waals surface area contributed by atoms with Crippen molar-refractivity contribution >= 4 is 39.4 Å². The summed E-state index contributed by atoms with van der Waals surface area (Å²) in [6.45, 7) is 1.93. The minimum Gasteiger partial charge on any atom is -0.382 e. The number of nitrogens with two attached hydrogens (primary N) is 1. The van der Waals surface area contributed by atoms with Crippen LogP contribution in [0.2, 0.25) is 5.02 Å². The van der Waals surface area contributed by atoms with Crippen molar-refractivity contribution in [2.24, 2.45) is 0 Å². The van der Waals surface area contributed by atoms with Crippen LogP contribution < -0.4 is 11.3 Å². The Hall–Kier alpha value is -3.92. The summed E-state index contributed by atoms with van der Waals surface area (Å²) in [7, 11) is 0. The van der Waals surface area contributed by atoms with E-state index in [0.29, 0.717) is 34.5 Å². The molecule has 0 aliphatic rings. The number of pyridine rings is 1. The van der Waals surface area contributed by atoms with E-state index in [4.69, 9.17) is 17.3 Å². The highest BCUT2D eigenvalue weighted by molar-refractivity contribution is 6.35. The first-order valence-electron chi connectivity index (χ1n) is 10.2. The normalized spacial score (nSPS) is 11.0. The standard InChI is InChI=1S/C18H13ClF3NO.C5H5N5/c1-2-3-11-8-10-4-6-14(21)17(19)16(10)18(24)23(11)12-5-7-13(20)15(22)9-12;6-4-3-5(9-1-7-3)10-2-8-4/h4-9H,2-3H2,1H3;1-2H,(H3,6,7,8,9,10). The molecule has 0 spiro atoms. The van der Waals surface area contributed by atoms with Crippen LogP contribution in [0, 0.1) is 17.5 Å². The third kappa shape index (κ3) is 4.32. The first-order valence-corrected chi connectivity index (χ1v) is 10.6. The Morgan fingerprint density at radius 2 is 1.79 bits per heavy atom. The van der Waals surface area contributed by atoms with Gasteiger partial charge in [0, 0.05) is 11.8 Å².